The second kappa shape index (κ2) is 9.61. The van der Waals surface area contributed by atoms with Crippen LogP contribution >= 0.6 is 11.8 Å². The number of benzene rings is 2. The second-order valence-electron chi connectivity index (χ2n) is 6.58. The van der Waals surface area contributed by atoms with Crippen molar-refractivity contribution >= 4 is 17.7 Å². The van der Waals surface area contributed by atoms with Gasteiger partial charge in [0, 0.05) is 18.4 Å². The maximum atomic E-state index is 12.4. The van der Waals surface area contributed by atoms with Crippen molar-refractivity contribution in [2.45, 2.75) is 11.7 Å². The van der Waals surface area contributed by atoms with Crippen molar-refractivity contribution in [1.82, 2.24) is 20.1 Å². The van der Waals surface area contributed by atoms with Gasteiger partial charge in [0.2, 0.25) is 6.79 Å². The Hall–Kier alpha value is -3.40. The van der Waals surface area contributed by atoms with Crippen LogP contribution in [0.25, 0.3) is 0 Å². The predicted molar refractivity (Wildman–Crippen MR) is 114 cm³/mol. The highest BCUT2D eigenvalue weighted by Crippen LogP contribution is 2.32. The summed E-state index contributed by atoms with van der Waals surface area (Å²) in [6, 6.07) is 12.5. The Morgan fingerprint density at radius 2 is 1.90 bits per heavy atom. The van der Waals surface area contributed by atoms with Crippen LogP contribution in [-0.2, 0) is 13.6 Å². The molecule has 2 heterocycles. The molecular formula is C21H22N4O5S. The van der Waals surface area contributed by atoms with E-state index in [9.17, 15) is 4.79 Å². The van der Waals surface area contributed by atoms with Crippen LogP contribution in [0.3, 0.4) is 0 Å². The van der Waals surface area contributed by atoms with Crippen molar-refractivity contribution in [3.63, 3.8) is 0 Å². The van der Waals surface area contributed by atoms with E-state index in [4.69, 9.17) is 18.9 Å². The minimum atomic E-state index is -0.219. The Bertz CT molecular complexity index is 1050. The molecule has 0 radical (unpaired) electrons. The van der Waals surface area contributed by atoms with Gasteiger partial charge in [-0.25, -0.2) is 0 Å². The molecule has 1 aromatic heterocycles. The average Bonchev–Trinajstić information content (AvgIpc) is 3.41. The fourth-order valence-corrected chi connectivity index (χ4v) is 3.64. The number of methoxy groups -OCH3 is 1. The zero-order valence-electron chi connectivity index (χ0n) is 17.2. The van der Waals surface area contributed by atoms with Crippen LogP contribution < -0.4 is 24.3 Å². The SMILES string of the molecule is COc1ccc(OCCSc2nnc(CNC(=O)c3ccc4c(c3)OCO4)n2C)cc1. The molecule has 3 aromatic rings. The molecule has 0 spiro atoms. The molecule has 1 N–H and O–H groups in total. The molecule has 1 aliphatic rings. The Kier molecular flexibility index (Phi) is 6.46. The van der Waals surface area contributed by atoms with Crippen molar-refractivity contribution < 1.29 is 23.7 Å². The summed E-state index contributed by atoms with van der Waals surface area (Å²) < 4.78 is 23.3. The lowest BCUT2D eigenvalue weighted by Gasteiger charge is -2.08. The summed E-state index contributed by atoms with van der Waals surface area (Å²) >= 11 is 1.54. The van der Waals surface area contributed by atoms with Gasteiger partial charge in [-0.3, -0.25) is 4.79 Å². The van der Waals surface area contributed by atoms with E-state index in [1.54, 1.807) is 25.3 Å². The normalized spacial score (nSPS) is 11.9. The van der Waals surface area contributed by atoms with E-state index in [0.717, 1.165) is 16.7 Å². The molecule has 0 unspecified atom stereocenters. The van der Waals surface area contributed by atoms with E-state index >= 15 is 0 Å². The first-order valence-electron chi connectivity index (χ1n) is 9.60. The standard InChI is InChI=1S/C21H22N4O5S/c1-25-19(12-22-20(26)14-3-8-17-18(11-14)30-13-29-17)23-24-21(25)31-10-9-28-16-6-4-15(27-2)5-7-16/h3-8,11H,9-10,12-13H2,1-2H3,(H,22,26). The van der Waals surface area contributed by atoms with Gasteiger partial charge >= 0.3 is 0 Å². The number of hydrogen-bond acceptors (Lipinski definition) is 8. The maximum absolute atomic E-state index is 12.4. The second-order valence-corrected chi connectivity index (χ2v) is 7.64. The van der Waals surface area contributed by atoms with Gasteiger partial charge in [0.05, 0.1) is 20.3 Å². The van der Waals surface area contributed by atoms with Crippen molar-refractivity contribution in [1.29, 1.82) is 0 Å². The molecule has 0 aliphatic carbocycles. The smallest absolute Gasteiger partial charge is 0.251 e. The van der Waals surface area contributed by atoms with E-state index < -0.39 is 0 Å². The van der Waals surface area contributed by atoms with E-state index in [-0.39, 0.29) is 19.2 Å². The minimum absolute atomic E-state index is 0.172. The Labute approximate surface area is 183 Å². The lowest BCUT2D eigenvalue weighted by atomic mass is 10.2. The molecule has 0 atom stereocenters. The number of rotatable bonds is 9. The maximum Gasteiger partial charge on any atom is 0.251 e. The fourth-order valence-electron chi connectivity index (χ4n) is 2.89. The number of amides is 1. The number of thioether (sulfide) groups is 1. The first kappa shape index (κ1) is 20.9. The zero-order chi connectivity index (χ0) is 21.6. The van der Waals surface area contributed by atoms with Gasteiger partial charge in [-0.15, -0.1) is 10.2 Å². The molecule has 0 fully saturated rings. The van der Waals surface area contributed by atoms with E-state index in [0.29, 0.717) is 35.2 Å². The Balaban J connectivity index is 1.24. The molecule has 0 saturated heterocycles. The molecule has 2 aromatic carbocycles. The Morgan fingerprint density at radius 3 is 2.71 bits per heavy atom. The highest BCUT2D eigenvalue weighted by molar-refractivity contribution is 7.99. The van der Waals surface area contributed by atoms with Gasteiger partial charge in [-0.2, -0.15) is 0 Å². The van der Waals surface area contributed by atoms with Crippen LogP contribution in [-0.4, -0.2) is 46.9 Å². The first-order valence-corrected chi connectivity index (χ1v) is 10.6. The molecule has 10 heteroatoms. The highest BCUT2D eigenvalue weighted by atomic mass is 32.2. The average molecular weight is 442 g/mol. The molecular weight excluding hydrogens is 420 g/mol. The van der Waals surface area contributed by atoms with E-state index in [1.807, 2.05) is 35.9 Å². The van der Waals surface area contributed by atoms with Crippen LogP contribution in [0.1, 0.15) is 16.2 Å². The topological polar surface area (TPSA) is 96.7 Å². The van der Waals surface area contributed by atoms with E-state index in [2.05, 4.69) is 15.5 Å². The number of hydrogen-bond donors (Lipinski definition) is 1. The van der Waals surface area contributed by atoms with Gasteiger partial charge in [0.1, 0.15) is 11.5 Å². The van der Waals surface area contributed by atoms with Crippen LogP contribution in [0.4, 0.5) is 0 Å². The molecule has 1 aliphatic heterocycles. The third kappa shape index (κ3) is 5.02. The molecule has 162 valence electrons. The summed E-state index contributed by atoms with van der Waals surface area (Å²) in [6.45, 7) is 0.963. The largest absolute Gasteiger partial charge is 0.497 e. The summed E-state index contributed by atoms with van der Waals surface area (Å²) in [7, 11) is 3.50. The number of aromatic nitrogens is 3. The molecule has 4 rings (SSSR count). The minimum Gasteiger partial charge on any atom is -0.497 e. The van der Waals surface area contributed by atoms with Gasteiger partial charge in [-0.1, -0.05) is 11.8 Å². The zero-order valence-corrected chi connectivity index (χ0v) is 18.0. The summed E-state index contributed by atoms with van der Waals surface area (Å²) in [6.07, 6.45) is 0. The van der Waals surface area contributed by atoms with Crippen molar-refractivity contribution in [3.05, 3.63) is 53.9 Å². The lowest BCUT2D eigenvalue weighted by Crippen LogP contribution is -2.24. The van der Waals surface area contributed by atoms with Crippen molar-refractivity contribution in [2.75, 3.05) is 26.3 Å². The lowest BCUT2D eigenvalue weighted by molar-refractivity contribution is 0.0949. The summed E-state index contributed by atoms with van der Waals surface area (Å²) in [5, 5.41) is 12.0. The number of fused-ring (bicyclic) bond motifs is 1. The van der Waals surface area contributed by atoms with Crippen LogP contribution in [0.2, 0.25) is 0 Å². The summed E-state index contributed by atoms with van der Waals surface area (Å²) in [4.78, 5) is 12.4. The van der Waals surface area contributed by atoms with Crippen molar-refractivity contribution in [2.24, 2.45) is 7.05 Å². The van der Waals surface area contributed by atoms with Crippen LogP contribution in [0.5, 0.6) is 23.0 Å². The number of carbonyl (C=O) groups is 1. The Morgan fingerprint density at radius 1 is 1.13 bits per heavy atom. The van der Waals surface area contributed by atoms with Crippen LogP contribution in [0.15, 0.2) is 47.6 Å². The molecule has 9 nitrogen and oxygen atoms in total. The molecule has 0 saturated carbocycles. The van der Waals surface area contributed by atoms with Crippen molar-refractivity contribution in [3.8, 4) is 23.0 Å². The monoisotopic (exact) mass is 442 g/mol. The number of ether oxygens (including phenoxy) is 4. The van der Waals surface area contributed by atoms with Gasteiger partial charge < -0.3 is 28.8 Å². The third-order valence-corrected chi connectivity index (χ3v) is 5.59. The highest BCUT2D eigenvalue weighted by Gasteiger charge is 2.17. The van der Waals surface area contributed by atoms with Gasteiger partial charge in [0.25, 0.3) is 5.91 Å². The van der Waals surface area contributed by atoms with Gasteiger partial charge in [0.15, 0.2) is 22.5 Å². The summed E-state index contributed by atoms with van der Waals surface area (Å²) in [5.74, 6) is 3.94. The quantitative estimate of drug-likeness (QED) is 0.399. The predicted octanol–water partition coefficient (Wildman–Crippen LogP) is 2.65. The van der Waals surface area contributed by atoms with Crippen LogP contribution in [0, 0.1) is 0 Å². The molecule has 1 amide bonds. The van der Waals surface area contributed by atoms with Gasteiger partial charge in [-0.05, 0) is 42.5 Å². The molecule has 0 bridgehead atoms. The molecule has 31 heavy (non-hydrogen) atoms. The summed E-state index contributed by atoms with van der Waals surface area (Å²) in [5.41, 5.74) is 0.497. The van der Waals surface area contributed by atoms with E-state index in [1.165, 1.54) is 11.8 Å². The fraction of sp³-hybridized carbons (Fsp3) is 0.286. The number of nitrogens with one attached hydrogen (secondary N) is 1. The number of nitrogens with zero attached hydrogens (tertiary/aromatic N) is 3. The number of carbonyl (C=O) groups excluding carboxylic acids is 1. The third-order valence-electron chi connectivity index (χ3n) is 4.61. The first-order chi connectivity index (χ1) is 15.1.